The van der Waals surface area contributed by atoms with Crippen molar-refractivity contribution in [2.24, 2.45) is 0 Å². The van der Waals surface area contributed by atoms with E-state index in [0.29, 0.717) is 41.9 Å². The third-order valence-corrected chi connectivity index (χ3v) is 6.42. The summed E-state index contributed by atoms with van der Waals surface area (Å²) in [6.45, 7) is 2.42. The standard InChI is InChI=1S/C23H20ClF2N3O2/c1-12(30)28-7-6-20-18(11-28)22(13-2-4-15(25)5-3-13)27-29(20)23-17-8-14(24)9-19(26)16(17)10-21(23)31/h2-5,8-9,21,23,31H,6-7,10-11H2,1H3/t21-,23+/m0/s1. The van der Waals surface area contributed by atoms with Crippen molar-refractivity contribution in [3.8, 4) is 11.3 Å². The molecule has 0 unspecified atom stereocenters. The molecule has 1 amide bonds. The number of rotatable bonds is 2. The number of hydrogen-bond acceptors (Lipinski definition) is 3. The number of hydrogen-bond donors (Lipinski definition) is 1. The molecule has 160 valence electrons. The maximum Gasteiger partial charge on any atom is 0.219 e. The fraction of sp³-hybridized carbons (Fsp3) is 0.304. The van der Waals surface area contributed by atoms with Gasteiger partial charge < -0.3 is 10.0 Å². The van der Waals surface area contributed by atoms with E-state index in [-0.39, 0.29) is 23.2 Å². The molecular formula is C23H20ClF2N3O2. The molecule has 0 radical (unpaired) electrons. The predicted octanol–water partition coefficient (Wildman–Crippen LogP) is 3.89. The summed E-state index contributed by atoms with van der Waals surface area (Å²) in [5.41, 5.74) is 4.14. The van der Waals surface area contributed by atoms with Crippen LogP contribution >= 0.6 is 11.6 Å². The second kappa shape index (κ2) is 7.43. The largest absolute Gasteiger partial charge is 0.390 e. The molecule has 2 aliphatic rings. The molecule has 2 aromatic carbocycles. The van der Waals surface area contributed by atoms with Crippen LogP contribution in [0.5, 0.6) is 0 Å². The van der Waals surface area contributed by atoms with Gasteiger partial charge in [-0.05, 0) is 47.5 Å². The van der Waals surface area contributed by atoms with Gasteiger partial charge in [0.15, 0.2) is 0 Å². The number of nitrogens with zero attached hydrogens (tertiary/aromatic N) is 3. The maximum absolute atomic E-state index is 14.5. The van der Waals surface area contributed by atoms with Gasteiger partial charge in [0.1, 0.15) is 17.7 Å². The van der Waals surface area contributed by atoms with Crippen molar-refractivity contribution in [3.05, 3.63) is 75.4 Å². The zero-order valence-corrected chi connectivity index (χ0v) is 17.5. The van der Waals surface area contributed by atoms with Crippen molar-refractivity contribution in [2.75, 3.05) is 6.54 Å². The molecule has 2 atom stereocenters. The van der Waals surface area contributed by atoms with Gasteiger partial charge in [-0.25, -0.2) is 8.78 Å². The van der Waals surface area contributed by atoms with Crippen molar-refractivity contribution in [1.29, 1.82) is 0 Å². The Hall–Kier alpha value is -2.77. The normalized spacial score (nSPS) is 20.0. The van der Waals surface area contributed by atoms with Crippen LogP contribution in [0.15, 0.2) is 36.4 Å². The van der Waals surface area contributed by atoms with Crippen molar-refractivity contribution >= 4 is 17.5 Å². The molecule has 0 spiro atoms. The molecule has 3 aromatic rings. The van der Waals surface area contributed by atoms with Gasteiger partial charge in [0.05, 0.1) is 11.8 Å². The molecule has 1 aromatic heterocycles. The lowest BCUT2D eigenvalue weighted by Crippen LogP contribution is -2.35. The van der Waals surface area contributed by atoms with E-state index in [1.54, 1.807) is 27.8 Å². The molecule has 0 saturated heterocycles. The molecule has 0 saturated carbocycles. The second-order valence-corrected chi connectivity index (χ2v) is 8.52. The highest BCUT2D eigenvalue weighted by atomic mass is 35.5. The zero-order chi connectivity index (χ0) is 21.9. The minimum atomic E-state index is -0.862. The highest BCUT2D eigenvalue weighted by molar-refractivity contribution is 6.30. The number of benzene rings is 2. The van der Waals surface area contributed by atoms with Crippen LogP contribution < -0.4 is 0 Å². The van der Waals surface area contributed by atoms with E-state index in [9.17, 15) is 18.7 Å². The second-order valence-electron chi connectivity index (χ2n) is 8.09. The molecule has 1 aliphatic heterocycles. The molecule has 5 rings (SSSR count). The van der Waals surface area contributed by atoms with Crippen molar-refractivity contribution < 1.29 is 18.7 Å². The Morgan fingerprint density at radius 3 is 2.65 bits per heavy atom. The number of fused-ring (bicyclic) bond motifs is 2. The van der Waals surface area contributed by atoms with Crippen LogP contribution in [0.2, 0.25) is 5.02 Å². The Morgan fingerprint density at radius 1 is 1.19 bits per heavy atom. The van der Waals surface area contributed by atoms with Gasteiger partial charge in [0, 0.05) is 54.7 Å². The topological polar surface area (TPSA) is 58.4 Å². The van der Waals surface area contributed by atoms with Gasteiger partial charge in [-0.3, -0.25) is 9.48 Å². The first kappa shape index (κ1) is 20.2. The van der Waals surface area contributed by atoms with Gasteiger partial charge in [0.2, 0.25) is 5.91 Å². The van der Waals surface area contributed by atoms with E-state index >= 15 is 0 Å². The van der Waals surface area contributed by atoms with Crippen LogP contribution in [0, 0.1) is 11.6 Å². The smallest absolute Gasteiger partial charge is 0.219 e. The first-order valence-electron chi connectivity index (χ1n) is 10.1. The molecule has 0 fully saturated rings. The molecule has 1 N–H and O–H groups in total. The lowest BCUT2D eigenvalue weighted by Gasteiger charge is -2.28. The fourth-order valence-corrected chi connectivity index (χ4v) is 4.92. The number of carbonyl (C=O) groups is 1. The zero-order valence-electron chi connectivity index (χ0n) is 16.8. The maximum atomic E-state index is 14.5. The quantitative estimate of drug-likeness (QED) is 0.653. The van der Waals surface area contributed by atoms with Crippen LogP contribution in [-0.4, -0.2) is 38.3 Å². The number of aliphatic hydroxyl groups is 1. The first-order valence-corrected chi connectivity index (χ1v) is 10.5. The average Bonchev–Trinajstić information content (AvgIpc) is 3.25. The average molecular weight is 444 g/mol. The Balaban J connectivity index is 1.69. The Morgan fingerprint density at radius 2 is 1.94 bits per heavy atom. The summed E-state index contributed by atoms with van der Waals surface area (Å²) >= 11 is 6.11. The number of amides is 1. The van der Waals surface area contributed by atoms with Gasteiger partial charge in [0.25, 0.3) is 0 Å². The number of carbonyl (C=O) groups excluding carboxylic acids is 1. The molecule has 5 nitrogen and oxygen atoms in total. The summed E-state index contributed by atoms with van der Waals surface area (Å²) < 4.78 is 29.7. The minimum absolute atomic E-state index is 0.0384. The Labute approximate surface area is 182 Å². The van der Waals surface area contributed by atoms with E-state index in [1.807, 2.05) is 0 Å². The first-order chi connectivity index (χ1) is 14.8. The van der Waals surface area contributed by atoms with Crippen molar-refractivity contribution in [1.82, 2.24) is 14.7 Å². The molecule has 2 heterocycles. The van der Waals surface area contributed by atoms with E-state index in [0.717, 1.165) is 11.3 Å². The lowest BCUT2D eigenvalue weighted by atomic mass is 10.00. The van der Waals surface area contributed by atoms with Crippen LogP contribution in [0.4, 0.5) is 8.78 Å². The van der Waals surface area contributed by atoms with Crippen LogP contribution in [0.3, 0.4) is 0 Å². The highest BCUT2D eigenvalue weighted by Gasteiger charge is 2.39. The summed E-state index contributed by atoms with van der Waals surface area (Å²) in [5, 5.41) is 15.9. The Bertz CT molecular complexity index is 1190. The minimum Gasteiger partial charge on any atom is -0.390 e. The molecular weight excluding hydrogens is 424 g/mol. The molecule has 0 bridgehead atoms. The van der Waals surface area contributed by atoms with E-state index < -0.39 is 18.0 Å². The van der Waals surface area contributed by atoms with E-state index in [1.165, 1.54) is 25.1 Å². The summed E-state index contributed by atoms with van der Waals surface area (Å²) in [5.74, 6) is -0.831. The summed E-state index contributed by atoms with van der Waals surface area (Å²) in [7, 11) is 0. The van der Waals surface area contributed by atoms with Gasteiger partial charge in [-0.1, -0.05) is 11.6 Å². The lowest BCUT2D eigenvalue weighted by molar-refractivity contribution is -0.129. The summed E-state index contributed by atoms with van der Waals surface area (Å²) in [4.78, 5) is 13.7. The summed E-state index contributed by atoms with van der Waals surface area (Å²) in [6, 6.07) is 8.35. The van der Waals surface area contributed by atoms with E-state index in [4.69, 9.17) is 16.7 Å². The molecule has 31 heavy (non-hydrogen) atoms. The number of halogens is 3. The van der Waals surface area contributed by atoms with E-state index in [2.05, 4.69) is 0 Å². The van der Waals surface area contributed by atoms with Gasteiger partial charge in [-0.2, -0.15) is 5.10 Å². The van der Waals surface area contributed by atoms with Gasteiger partial charge >= 0.3 is 0 Å². The van der Waals surface area contributed by atoms with Crippen molar-refractivity contribution in [3.63, 3.8) is 0 Å². The Kier molecular flexibility index (Phi) is 4.83. The SMILES string of the molecule is CC(=O)N1CCc2c(c(-c3ccc(F)cc3)nn2[C@@H]2c3cc(Cl)cc(F)c3C[C@@H]2O)C1. The highest BCUT2D eigenvalue weighted by Crippen LogP contribution is 2.41. The van der Waals surface area contributed by atoms with Crippen molar-refractivity contribution in [2.45, 2.75) is 38.5 Å². The van der Waals surface area contributed by atoms with Gasteiger partial charge in [-0.15, -0.1) is 0 Å². The number of aliphatic hydroxyl groups excluding tert-OH is 1. The van der Waals surface area contributed by atoms with Crippen LogP contribution in [0.25, 0.3) is 11.3 Å². The predicted molar refractivity (Wildman–Crippen MR) is 112 cm³/mol. The monoisotopic (exact) mass is 443 g/mol. The van der Waals surface area contributed by atoms with Crippen LogP contribution in [-0.2, 0) is 24.2 Å². The molecule has 8 heteroatoms. The number of aromatic nitrogens is 2. The third kappa shape index (κ3) is 3.32. The third-order valence-electron chi connectivity index (χ3n) is 6.20. The fourth-order valence-electron chi connectivity index (χ4n) is 4.71. The summed E-state index contributed by atoms with van der Waals surface area (Å²) in [6.07, 6.45) is -0.146. The van der Waals surface area contributed by atoms with Crippen LogP contribution in [0.1, 0.15) is 35.3 Å². The molecule has 1 aliphatic carbocycles.